The monoisotopic (exact) mass is 384 g/mol. The van der Waals surface area contributed by atoms with Crippen LogP contribution in [0.15, 0.2) is 34.2 Å². The van der Waals surface area contributed by atoms with E-state index in [9.17, 15) is 9.59 Å². The van der Waals surface area contributed by atoms with Crippen LogP contribution in [0.3, 0.4) is 0 Å². The van der Waals surface area contributed by atoms with E-state index in [1.54, 1.807) is 17.7 Å². The Kier molecular flexibility index (Phi) is 5.76. The molecule has 3 aromatic rings. The number of carbonyl (C=O) groups is 1. The Bertz CT molecular complexity index is 1080. The van der Waals surface area contributed by atoms with E-state index in [1.807, 2.05) is 35.6 Å². The van der Waals surface area contributed by atoms with Crippen LogP contribution in [0.5, 0.6) is 0 Å². The number of para-hydroxylation sites is 1. The van der Waals surface area contributed by atoms with E-state index in [0.29, 0.717) is 35.8 Å². The molecule has 0 unspecified atom stereocenters. The molecule has 0 aliphatic rings. The average molecular weight is 384 g/mol. The van der Waals surface area contributed by atoms with Crippen LogP contribution in [-0.2, 0) is 11.3 Å². The predicted octanol–water partition coefficient (Wildman–Crippen LogP) is 1.92. The van der Waals surface area contributed by atoms with E-state index in [4.69, 9.17) is 5.26 Å². The zero-order valence-corrected chi connectivity index (χ0v) is 16.1. The largest absolute Gasteiger partial charge is 0.344 e. The Morgan fingerprint density at radius 2 is 2.11 bits per heavy atom. The number of aryl methyl sites for hydroxylation is 1. The lowest BCUT2D eigenvalue weighted by Crippen LogP contribution is -2.29. The molecule has 0 aliphatic heterocycles. The molecule has 9 heteroatoms. The highest BCUT2D eigenvalue weighted by Crippen LogP contribution is 2.22. The summed E-state index contributed by atoms with van der Waals surface area (Å²) in [5.41, 5.74) is 0.638. The summed E-state index contributed by atoms with van der Waals surface area (Å²) in [6.45, 7) is 2.95. The fraction of sp³-hybridized carbons (Fsp3) is 0.389. The molecule has 27 heavy (non-hydrogen) atoms. The number of amides is 1. The van der Waals surface area contributed by atoms with E-state index < -0.39 is 0 Å². The van der Waals surface area contributed by atoms with Crippen molar-refractivity contribution >= 4 is 34.3 Å². The molecule has 8 nitrogen and oxygen atoms in total. The van der Waals surface area contributed by atoms with Gasteiger partial charge in [-0.15, -0.1) is 10.2 Å². The molecule has 0 atom stereocenters. The minimum absolute atomic E-state index is 0.0850. The number of aromatic nitrogens is 4. The van der Waals surface area contributed by atoms with Gasteiger partial charge in [0.25, 0.3) is 5.56 Å². The molecule has 1 aromatic carbocycles. The Morgan fingerprint density at radius 1 is 1.33 bits per heavy atom. The number of thioether (sulfide) groups is 1. The van der Waals surface area contributed by atoms with Crippen LogP contribution in [-0.4, -0.2) is 49.3 Å². The second-order valence-corrected chi connectivity index (χ2v) is 7.05. The molecule has 0 bridgehead atoms. The maximum Gasteiger partial charge on any atom is 0.262 e. The molecule has 0 spiro atoms. The van der Waals surface area contributed by atoms with E-state index in [0.717, 1.165) is 11.9 Å². The number of nitrogens with zero attached hydrogens (tertiary/aromatic N) is 6. The third kappa shape index (κ3) is 3.66. The molecule has 0 radical (unpaired) electrons. The van der Waals surface area contributed by atoms with Crippen LogP contribution in [0.25, 0.3) is 16.7 Å². The number of benzene rings is 1. The third-order valence-electron chi connectivity index (χ3n) is 4.23. The highest BCUT2D eigenvalue weighted by atomic mass is 32.2. The molecule has 3 rings (SSSR count). The van der Waals surface area contributed by atoms with Crippen LogP contribution in [0.1, 0.15) is 19.8 Å². The zero-order valence-electron chi connectivity index (χ0n) is 15.3. The Labute approximate surface area is 160 Å². The second-order valence-electron chi connectivity index (χ2n) is 6.10. The number of rotatable bonds is 7. The maximum atomic E-state index is 12.8. The minimum atomic E-state index is -0.0868. The number of carbonyl (C=O) groups excluding carboxylic acids is 1. The summed E-state index contributed by atoms with van der Waals surface area (Å²) < 4.78 is 3.46. The average Bonchev–Trinajstić information content (AvgIpc) is 3.11. The SMILES string of the molecule is CCCn1c(=O)c2ccccc2n2c(SCC(=O)N(C)CCC#N)nnc12. The molecule has 0 saturated carbocycles. The van der Waals surface area contributed by atoms with Gasteiger partial charge in [0, 0.05) is 20.1 Å². The summed E-state index contributed by atoms with van der Waals surface area (Å²) in [5.74, 6) is 0.579. The third-order valence-corrected chi connectivity index (χ3v) is 5.15. The zero-order chi connectivity index (χ0) is 19.4. The van der Waals surface area contributed by atoms with E-state index in [2.05, 4.69) is 10.2 Å². The lowest BCUT2D eigenvalue weighted by atomic mass is 10.2. The van der Waals surface area contributed by atoms with Crippen molar-refractivity contribution in [1.82, 2.24) is 24.1 Å². The summed E-state index contributed by atoms with van der Waals surface area (Å²) >= 11 is 1.27. The van der Waals surface area contributed by atoms with Gasteiger partial charge in [-0.05, 0) is 18.6 Å². The summed E-state index contributed by atoms with van der Waals surface area (Å²) in [6, 6.07) is 9.37. The van der Waals surface area contributed by atoms with Gasteiger partial charge >= 0.3 is 0 Å². The molecule has 0 fully saturated rings. The van der Waals surface area contributed by atoms with Crippen LogP contribution < -0.4 is 5.56 Å². The van der Waals surface area contributed by atoms with Gasteiger partial charge in [-0.2, -0.15) is 5.26 Å². The lowest BCUT2D eigenvalue weighted by molar-refractivity contribution is -0.127. The Hall–Kier alpha value is -2.86. The van der Waals surface area contributed by atoms with Crippen molar-refractivity contribution in [2.75, 3.05) is 19.3 Å². The normalized spacial score (nSPS) is 11.0. The first-order chi connectivity index (χ1) is 13.1. The van der Waals surface area contributed by atoms with Gasteiger partial charge in [-0.3, -0.25) is 18.6 Å². The van der Waals surface area contributed by atoms with Crippen LogP contribution in [0.4, 0.5) is 0 Å². The minimum Gasteiger partial charge on any atom is -0.344 e. The Morgan fingerprint density at radius 3 is 2.85 bits per heavy atom. The van der Waals surface area contributed by atoms with E-state index >= 15 is 0 Å². The highest BCUT2D eigenvalue weighted by molar-refractivity contribution is 7.99. The van der Waals surface area contributed by atoms with Gasteiger partial charge in [-0.1, -0.05) is 30.8 Å². The predicted molar refractivity (Wildman–Crippen MR) is 104 cm³/mol. The van der Waals surface area contributed by atoms with Crippen molar-refractivity contribution in [3.8, 4) is 6.07 Å². The van der Waals surface area contributed by atoms with Crippen molar-refractivity contribution in [2.45, 2.75) is 31.5 Å². The van der Waals surface area contributed by atoms with Crippen molar-refractivity contribution < 1.29 is 4.79 Å². The quantitative estimate of drug-likeness (QED) is 0.578. The van der Waals surface area contributed by atoms with Crippen LogP contribution in [0, 0.1) is 11.3 Å². The highest BCUT2D eigenvalue weighted by Gasteiger charge is 2.18. The van der Waals surface area contributed by atoms with Crippen LogP contribution >= 0.6 is 11.8 Å². The van der Waals surface area contributed by atoms with Crippen molar-refractivity contribution in [2.24, 2.45) is 0 Å². The van der Waals surface area contributed by atoms with Gasteiger partial charge in [0.05, 0.1) is 29.1 Å². The van der Waals surface area contributed by atoms with E-state index in [-0.39, 0.29) is 17.2 Å². The lowest BCUT2D eigenvalue weighted by Gasteiger charge is -2.14. The molecule has 140 valence electrons. The van der Waals surface area contributed by atoms with Crippen molar-refractivity contribution in [3.63, 3.8) is 0 Å². The molecule has 2 heterocycles. The van der Waals surface area contributed by atoms with Gasteiger partial charge in [0.2, 0.25) is 11.7 Å². The van der Waals surface area contributed by atoms with Gasteiger partial charge in [0.15, 0.2) is 5.16 Å². The molecule has 0 saturated heterocycles. The van der Waals surface area contributed by atoms with E-state index in [1.165, 1.54) is 16.7 Å². The van der Waals surface area contributed by atoms with Crippen molar-refractivity contribution in [1.29, 1.82) is 5.26 Å². The molecular weight excluding hydrogens is 364 g/mol. The topological polar surface area (TPSA) is 96.3 Å². The number of fused-ring (bicyclic) bond motifs is 3. The van der Waals surface area contributed by atoms with Gasteiger partial charge in [0.1, 0.15) is 0 Å². The summed E-state index contributed by atoms with van der Waals surface area (Å²) in [5, 5.41) is 18.2. The van der Waals surface area contributed by atoms with Gasteiger partial charge in [-0.25, -0.2) is 0 Å². The summed E-state index contributed by atoms with van der Waals surface area (Å²) in [4.78, 5) is 26.6. The molecule has 2 aromatic heterocycles. The first-order valence-corrected chi connectivity index (χ1v) is 9.67. The number of nitriles is 1. The van der Waals surface area contributed by atoms with Crippen molar-refractivity contribution in [3.05, 3.63) is 34.6 Å². The molecule has 0 N–H and O–H groups in total. The second kappa shape index (κ2) is 8.22. The molecule has 1 amide bonds. The molecular formula is C18H20N6O2S. The first-order valence-electron chi connectivity index (χ1n) is 8.68. The first kappa shape index (κ1) is 18.9. The standard InChI is InChI=1S/C18H20N6O2S/c1-3-10-23-16(26)13-7-4-5-8-14(13)24-17(23)20-21-18(24)27-12-15(25)22(2)11-6-9-19/h4-5,7-8H,3,6,10-12H2,1-2H3. The maximum absolute atomic E-state index is 12.8. The fourth-order valence-electron chi connectivity index (χ4n) is 2.83. The Balaban J connectivity index is 1.99. The smallest absolute Gasteiger partial charge is 0.262 e. The van der Waals surface area contributed by atoms with Gasteiger partial charge < -0.3 is 4.90 Å². The fourth-order valence-corrected chi connectivity index (χ4v) is 3.71. The summed E-state index contributed by atoms with van der Waals surface area (Å²) in [6.07, 6.45) is 1.10. The summed E-state index contributed by atoms with van der Waals surface area (Å²) in [7, 11) is 1.68. The molecule has 0 aliphatic carbocycles. The van der Waals surface area contributed by atoms with Crippen LogP contribution in [0.2, 0.25) is 0 Å². The number of hydrogen-bond donors (Lipinski definition) is 0. The number of hydrogen-bond acceptors (Lipinski definition) is 6.